The number of aliphatic carboxylic acids is 1. The van der Waals surface area contributed by atoms with Gasteiger partial charge in [-0.05, 0) is 62.7 Å². The van der Waals surface area contributed by atoms with Gasteiger partial charge in [-0.1, -0.05) is 0 Å². The molecule has 4 atom stereocenters. The van der Waals surface area contributed by atoms with Crippen molar-refractivity contribution in [3.05, 3.63) is 0 Å². The van der Waals surface area contributed by atoms with Crippen molar-refractivity contribution in [2.24, 2.45) is 23.2 Å². The Morgan fingerprint density at radius 1 is 1.07 bits per heavy atom. The smallest absolute Gasteiger partial charge is 0.0476 e. The molecule has 0 aromatic rings. The summed E-state index contributed by atoms with van der Waals surface area (Å²) in [5.74, 6) is 1.48. The van der Waals surface area contributed by atoms with E-state index in [1.165, 1.54) is 19.3 Å². The standard InChI is InChI=1S/C12H18O2/c13-11(14)12-2-1-8-3-9(6-12)5-10(4-8)7-12/h8-10H,1-7H2,(H,13,14)/p-1/t8?,9-,10+,12?. The second kappa shape index (κ2) is 2.74. The summed E-state index contributed by atoms with van der Waals surface area (Å²) in [5, 5.41) is 11.3. The maximum atomic E-state index is 11.3. The van der Waals surface area contributed by atoms with Gasteiger partial charge in [0.05, 0.1) is 0 Å². The molecule has 0 heterocycles. The van der Waals surface area contributed by atoms with Gasteiger partial charge in [-0.15, -0.1) is 0 Å². The summed E-state index contributed by atoms with van der Waals surface area (Å²) in [7, 11) is 0. The van der Waals surface area contributed by atoms with Crippen LogP contribution >= 0.6 is 0 Å². The average molecular weight is 193 g/mol. The quantitative estimate of drug-likeness (QED) is 0.630. The lowest BCUT2D eigenvalue weighted by atomic mass is 9.61. The summed E-state index contributed by atoms with van der Waals surface area (Å²) in [5.41, 5.74) is -0.418. The van der Waals surface area contributed by atoms with Crippen LogP contribution in [0.15, 0.2) is 0 Å². The monoisotopic (exact) mass is 193 g/mol. The minimum absolute atomic E-state index is 0.418. The van der Waals surface area contributed by atoms with Gasteiger partial charge in [0.2, 0.25) is 0 Å². The van der Waals surface area contributed by atoms with Gasteiger partial charge in [0, 0.05) is 11.4 Å². The van der Waals surface area contributed by atoms with Gasteiger partial charge in [0.15, 0.2) is 0 Å². The summed E-state index contributed by atoms with van der Waals surface area (Å²) >= 11 is 0. The molecule has 4 rings (SSSR count). The van der Waals surface area contributed by atoms with E-state index in [0.717, 1.165) is 31.6 Å². The zero-order valence-electron chi connectivity index (χ0n) is 8.50. The first-order chi connectivity index (χ1) is 6.68. The zero-order valence-corrected chi connectivity index (χ0v) is 8.50. The molecular weight excluding hydrogens is 176 g/mol. The molecule has 0 aliphatic heterocycles. The Morgan fingerprint density at radius 3 is 2.21 bits per heavy atom. The Kier molecular flexibility index (Phi) is 1.71. The molecule has 0 radical (unpaired) electrons. The van der Waals surface area contributed by atoms with Gasteiger partial charge >= 0.3 is 0 Å². The van der Waals surface area contributed by atoms with Crippen LogP contribution in [0.2, 0.25) is 0 Å². The molecule has 2 heteroatoms. The van der Waals surface area contributed by atoms with E-state index in [1.54, 1.807) is 0 Å². The highest BCUT2D eigenvalue weighted by molar-refractivity contribution is 5.72. The fourth-order valence-corrected chi connectivity index (χ4v) is 4.41. The van der Waals surface area contributed by atoms with Gasteiger partial charge in [0.1, 0.15) is 0 Å². The fourth-order valence-electron chi connectivity index (χ4n) is 4.41. The summed E-state index contributed by atoms with van der Waals surface area (Å²) in [6.07, 6.45) is 7.77. The molecule has 0 saturated heterocycles. The molecule has 4 aliphatic rings. The van der Waals surface area contributed by atoms with Crippen molar-refractivity contribution in [1.82, 2.24) is 0 Å². The predicted molar refractivity (Wildman–Crippen MR) is 50.2 cm³/mol. The first kappa shape index (κ1) is 8.75. The highest BCUT2D eigenvalue weighted by Gasteiger charge is 2.48. The van der Waals surface area contributed by atoms with Gasteiger partial charge in [-0.25, -0.2) is 0 Å². The molecule has 4 aliphatic carbocycles. The van der Waals surface area contributed by atoms with Gasteiger partial charge in [-0.3, -0.25) is 0 Å². The molecule has 2 nitrogen and oxygen atoms in total. The largest absolute Gasteiger partial charge is 0.550 e. The normalized spacial score (nSPS) is 50.4. The highest BCUT2D eigenvalue weighted by Crippen LogP contribution is 2.56. The number of fused-ring (bicyclic) bond motifs is 1. The Labute approximate surface area is 84.7 Å². The molecule has 4 fully saturated rings. The Bertz CT molecular complexity index is 257. The second-order valence-electron chi connectivity index (χ2n) is 5.82. The first-order valence-electron chi connectivity index (χ1n) is 5.89. The minimum atomic E-state index is -0.755. The number of carboxylic acids is 1. The lowest BCUT2D eigenvalue weighted by Crippen LogP contribution is -2.46. The van der Waals surface area contributed by atoms with E-state index in [4.69, 9.17) is 0 Å². The lowest BCUT2D eigenvalue weighted by Gasteiger charge is -2.45. The molecule has 4 bridgehead atoms. The van der Waals surface area contributed by atoms with E-state index in [2.05, 4.69) is 0 Å². The number of rotatable bonds is 1. The van der Waals surface area contributed by atoms with Crippen molar-refractivity contribution in [2.45, 2.75) is 44.9 Å². The molecule has 14 heavy (non-hydrogen) atoms. The molecule has 0 aromatic heterocycles. The SMILES string of the molecule is O=C([O-])C12CCC3C[C@H](C[C@H](C3)C1)C2. The number of hydrogen-bond acceptors (Lipinski definition) is 2. The van der Waals surface area contributed by atoms with Gasteiger partial charge < -0.3 is 9.90 Å². The fraction of sp³-hybridized carbons (Fsp3) is 0.917. The third-order valence-electron chi connectivity index (χ3n) is 4.82. The van der Waals surface area contributed by atoms with Crippen molar-refractivity contribution in [3.8, 4) is 0 Å². The zero-order chi connectivity index (χ0) is 9.76. The average Bonchev–Trinajstić information content (AvgIpc) is 2.31. The summed E-state index contributed by atoms with van der Waals surface area (Å²) in [6, 6.07) is 0. The van der Waals surface area contributed by atoms with E-state index < -0.39 is 11.4 Å². The molecule has 78 valence electrons. The minimum Gasteiger partial charge on any atom is -0.550 e. The molecule has 0 amide bonds. The summed E-state index contributed by atoms with van der Waals surface area (Å²) in [4.78, 5) is 11.3. The molecule has 0 N–H and O–H groups in total. The number of carbonyl (C=O) groups excluding carboxylic acids is 1. The Balaban J connectivity index is 1.97. The van der Waals surface area contributed by atoms with Crippen LogP contribution < -0.4 is 5.11 Å². The summed E-state index contributed by atoms with van der Waals surface area (Å²) in [6.45, 7) is 0. The lowest BCUT2D eigenvalue weighted by molar-refractivity contribution is -0.322. The maximum absolute atomic E-state index is 11.3. The third kappa shape index (κ3) is 1.12. The predicted octanol–water partition coefficient (Wildman–Crippen LogP) is 1.34. The third-order valence-corrected chi connectivity index (χ3v) is 4.82. The molecular formula is C12H17O2-. The van der Waals surface area contributed by atoms with Crippen molar-refractivity contribution in [3.63, 3.8) is 0 Å². The highest BCUT2D eigenvalue weighted by atomic mass is 16.4. The first-order valence-corrected chi connectivity index (χ1v) is 5.89. The van der Waals surface area contributed by atoms with Gasteiger partial charge in [0.25, 0.3) is 0 Å². The number of carboxylic acid groups (broad SMARTS) is 1. The van der Waals surface area contributed by atoms with Crippen LogP contribution in [0, 0.1) is 23.2 Å². The molecule has 4 saturated carbocycles. The van der Waals surface area contributed by atoms with E-state index >= 15 is 0 Å². The molecule has 0 spiro atoms. The van der Waals surface area contributed by atoms with Crippen molar-refractivity contribution in [2.75, 3.05) is 0 Å². The van der Waals surface area contributed by atoms with Crippen LogP contribution in [0.25, 0.3) is 0 Å². The van der Waals surface area contributed by atoms with Crippen LogP contribution in [-0.4, -0.2) is 5.97 Å². The molecule has 0 aromatic carbocycles. The van der Waals surface area contributed by atoms with E-state index in [-0.39, 0.29) is 0 Å². The van der Waals surface area contributed by atoms with Crippen molar-refractivity contribution < 1.29 is 9.90 Å². The van der Waals surface area contributed by atoms with Crippen molar-refractivity contribution >= 4 is 5.97 Å². The number of hydrogen-bond donors (Lipinski definition) is 0. The maximum Gasteiger partial charge on any atom is 0.0476 e. The van der Waals surface area contributed by atoms with E-state index in [9.17, 15) is 9.90 Å². The second-order valence-corrected chi connectivity index (χ2v) is 5.82. The van der Waals surface area contributed by atoms with Crippen LogP contribution in [0.1, 0.15) is 44.9 Å². The van der Waals surface area contributed by atoms with Crippen LogP contribution in [0.3, 0.4) is 0 Å². The van der Waals surface area contributed by atoms with Crippen LogP contribution in [-0.2, 0) is 4.79 Å². The summed E-state index contributed by atoms with van der Waals surface area (Å²) < 4.78 is 0. The van der Waals surface area contributed by atoms with E-state index in [1.807, 2.05) is 0 Å². The van der Waals surface area contributed by atoms with Crippen LogP contribution in [0.5, 0.6) is 0 Å². The van der Waals surface area contributed by atoms with E-state index in [0.29, 0.717) is 11.8 Å². The number of carbonyl (C=O) groups is 1. The van der Waals surface area contributed by atoms with Crippen LogP contribution in [0.4, 0.5) is 0 Å². The Morgan fingerprint density at radius 2 is 1.64 bits per heavy atom. The van der Waals surface area contributed by atoms with Crippen molar-refractivity contribution in [1.29, 1.82) is 0 Å². The topological polar surface area (TPSA) is 40.1 Å². The molecule has 2 unspecified atom stereocenters. The Hall–Kier alpha value is -0.530. The van der Waals surface area contributed by atoms with Gasteiger partial charge in [-0.2, -0.15) is 0 Å².